The van der Waals surface area contributed by atoms with Crippen LogP contribution in [0.4, 0.5) is 0 Å². The third kappa shape index (κ3) is 3.22. The molecule has 4 heterocycles. The summed E-state index contributed by atoms with van der Waals surface area (Å²) in [7, 11) is 1.97. The lowest BCUT2D eigenvalue weighted by molar-refractivity contribution is 0.210. The first-order chi connectivity index (χ1) is 11.3. The highest BCUT2D eigenvalue weighted by atomic mass is 32.2. The van der Waals surface area contributed by atoms with E-state index in [9.17, 15) is 0 Å². The summed E-state index contributed by atoms with van der Waals surface area (Å²) in [6.07, 6.45) is 7.55. The lowest BCUT2D eigenvalue weighted by Gasteiger charge is -2.34. The molecule has 23 heavy (non-hydrogen) atoms. The molecule has 0 radical (unpaired) electrons. The summed E-state index contributed by atoms with van der Waals surface area (Å²) in [6.45, 7) is 1.97. The molecule has 120 valence electrons. The van der Waals surface area contributed by atoms with E-state index in [4.69, 9.17) is 9.40 Å². The van der Waals surface area contributed by atoms with Gasteiger partial charge in [0.05, 0.1) is 18.2 Å². The van der Waals surface area contributed by atoms with Crippen LogP contribution in [-0.4, -0.2) is 37.7 Å². The number of rotatable bonds is 4. The first-order valence-corrected chi connectivity index (χ1v) is 9.60. The fraction of sp³-hybridized carbons (Fsp3) is 0.375. The Morgan fingerprint density at radius 3 is 3.17 bits per heavy atom. The second-order valence-electron chi connectivity index (χ2n) is 5.66. The largest absolute Gasteiger partial charge is 0.472 e. The van der Waals surface area contributed by atoms with Crippen molar-refractivity contribution in [3.05, 3.63) is 47.6 Å². The van der Waals surface area contributed by atoms with Gasteiger partial charge in [0, 0.05) is 60.4 Å². The van der Waals surface area contributed by atoms with Crippen LogP contribution in [0.15, 0.2) is 40.8 Å². The third-order valence-corrected chi connectivity index (χ3v) is 6.00. The van der Waals surface area contributed by atoms with Crippen LogP contribution in [0.3, 0.4) is 0 Å². The van der Waals surface area contributed by atoms with Crippen molar-refractivity contribution >= 4 is 23.1 Å². The summed E-state index contributed by atoms with van der Waals surface area (Å²) in [5, 5.41) is 7.51. The van der Waals surface area contributed by atoms with Crippen molar-refractivity contribution in [3.8, 4) is 10.6 Å². The van der Waals surface area contributed by atoms with E-state index in [0.717, 1.165) is 35.1 Å². The molecule has 0 N–H and O–H groups in total. The molecular weight excluding hydrogens is 328 g/mol. The highest BCUT2D eigenvalue weighted by Crippen LogP contribution is 2.31. The van der Waals surface area contributed by atoms with E-state index in [0.29, 0.717) is 6.04 Å². The molecule has 0 unspecified atom stereocenters. The van der Waals surface area contributed by atoms with Crippen molar-refractivity contribution in [1.82, 2.24) is 19.7 Å². The molecule has 0 aromatic carbocycles. The van der Waals surface area contributed by atoms with Crippen molar-refractivity contribution in [2.75, 3.05) is 18.1 Å². The molecule has 1 aliphatic heterocycles. The smallest absolute Gasteiger partial charge is 0.126 e. The Hall–Kier alpha value is -1.57. The summed E-state index contributed by atoms with van der Waals surface area (Å²) < 4.78 is 7.03. The molecule has 7 heteroatoms. The number of thioether (sulfide) groups is 1. The summed E-state index contributed by atoms with van der Waals surface area (Å²) in [5.74, 6) is 2.29. The normalized spacial score (nSPS) is 19.3. The van der Waals surface area contributed by atoms with Gasteiger partial charge in [-0.05, 0) is 6.07 Å². The Balaban J connectivity index is 1.52. The fourth-order valence-corrected chi connectivity index (χ4v) is 4.81. The van der Waals surface area contributed by atoms with Crippen molar-refractivity contribution in [1.29, 1.82) is 0 Å². The van der Waals surface area contributed by atoms with Gasteiger partial charge in [-0.15, -0.1) is 11.3 Å². The topological polar surface area (TPSA) is 47.1 Å². The molecule has 0 spiro atoms. The Morgan fingerprint density at radius 2 is 2.39 bits per heavy atom. The zero-order valence-electron chi connectivity index (χ0n) is 12.9. The van der Waals surface area contributed by atoms with E-state index >= 15 is 0 Å². The van der Waals surface area contributed by atoms with Crippen molar-refractivity contribution in [2.24, 2.45) is 7.05 Å². The standard InChI is InChI=1S/C16H18N4OS2/c1-19-7-13(6-17-19)15-11-22-5-3-20(15)8-14-10-23-16(18-14)12-2-4-21-9-12/h2,4,6-7,9-10,15H,3,5,8,11H2,1H3/t15-/m0/s1. The monoisotopic (exact) mass is 346 g/mol. The number of thiazole rings is 1. The van der Waals surface area contributed by atoms with E-state index in [1.165, 1.54) is 11.3 Å². The van der Waals surface area contributed by atoms with Crippen LogP contribution >= 0.6 is 23.1 Å². The van der Waals surface area contributed by atoms with E-state index in [1.54, 1.807) is 23.9 Å². The summed E-state index contributed by atoms with van der Waals surface area (Å²) in [4.78, 5) is 7.28. The zero-order chi connectivity index (χ0) is 15.6. The number of hydrogen-bond donors (Lipinski definition) is 0. The van der Waals surface area contributed by atoms with Gasteiger partial charge in [-0.2, -0.15) is 16.9 Å². The van der Waals surface area contributed by atoms with Crippen LogP contribution in [0, 0.1) is 0 Å². The molecule has 0 amide bonds. The second kappa shape index (κ2) is 6.51. The van der Waals surface area contributed by atoms with Gasteiger partial charge in [-0.25, -0.2) is 4.98 Å². The molecule has 1 aliphatic rings. The van der Waals surface area contributed by atoms with Crippen LogP contribution in [0.25, 0.3) is 10.6 Å². The highest BCUT2D eigenvalue weighted by molar-refractivity contribution is 7.99. The van der Waals surface area contributed by atoms with Gasteiger partial charge in [0.25, 0.3) is 0 Å². The maximum Gasteiger partial charge on any atom is 0.126 e. The first kappa shape index (κ1) is 15.0. The van der Waals surface area contributed by atoms with Crippen LogP contribution in [-0.2, 0) is 13.6 Å². The fourth-order valence-electron chi connectivity index (χ4n) is 2.85. The van der Waals surface area contributed by atoms with E-state index in [1.807, 2.05) is 35.8 Å². The SMILES string of the molecule is Cn1cc([C@@H]2CSCCN2Cc2csc(-c3ccoc3)n2)cn1. The zero-order valence-corrected chi connectivity index (χ0v) is 14.5. The molecule has 0 saturated carbocycles. The van der Waals surface area contributed by atoms with E-state index in [-0.39, 0.29) is 0 Å². The average Bonchev–Trinajstić information content (AvgIpc) is 3.28. The minimum Gasteiger partial charge on any atom is -0.472 e. The van der Waals surface area contributed by atoms with E-state index in [2.05, 4.69) is 21.6 Å². The molecule has 1 fully saturated rings. The van der Waals surface area contributed by atoms with Crippen LogP contribution in [0.2, 0.25) is 0 Å². The van der Waals surface area contributed by atoms with Crippen LogP contribution in [0.1, 0.15) is 17.3 Å². The predicted octanol–water partition coefficient (Wildman–Crippen LogP) is 3.43. The highest BCUT2D eigenvalue weighted by Gasteiger charge is 2.26. The predicted molar refractivity (Wildman–Crippen MR) is 93.5 cm³/mol. The summed E-state index contributed by atoms with van der Waals surface area (Å²) in [5.41, 5.74) is 3.48. The van der Waals surface area contributed by atoms with E-state index < -0.39 is 0 Å². The van der Waals surface area contributed by atoms with Gasteiger partial charge < -0.3 is 4.42 Å². The van der Waals surface area contributed by atoms with Gasteiger partial charge >= 0.3 is 0 Å². The minimum absolute atomic E-state index is 0.418. The Morgan fingerprint density at radius 1 is 1.43 bits per heavy atom. The van der Waals surface area contributed by atoms with Gasteiger partial charge in [-0.3, -0.25) is 9.58 Å². The Bertz CT molecular complexity index is 765. The van der Waals surface area contributed by atoms with Gasteiger partial charge in [0.15, 0.2) is 0 Å². The number of aryl methyl sites for hydroxylation is 1. The average molecular weight is 346 g/mol. The number of aromatic nitrogens is 3. The molecule has 1 saturated heterocycles. The maximum atomic E-state index is 5.15. The minimum atomic E-state index is 0.418. The Kier molecular flexibility index (Phi) is 4.24. The molecule has 3 aromatic heterocycles. The summed E-state index contributed by atoms with van der Waals surface area (Å²) >= 11 is 3.69. The quantitative estimate of drug-likeness (QED) is 0.724. The molecule has 0 aliphatic carbocycles. The number of hydrogen-bond acceptors (Lipinski definition) is 6. The summed E-state index contributed by atoms with van der Waals surface area (Å²) in [6, 6.07) is 2.38. The molecule has 1 atom stereocenters. The van der Waals surface area contributed by atoms with Gasteiger partial charge in [-0.1, -0.05) is 0 Å². The number of furan rings is 1. The molecule has 5 nitrogen and oxygen atoms in total. The molecule has 0 bridgehead atoms. The second-order valence-corrected chi connectivity index (χ2v) is 7.67. The van der Waals surface area contributed by atoms with Crippen LogP contribution < -0.4 is 0 Å². The maximum absolute atomic E-state index is 5.15. The van der Waals surface area contributed by atoms with Gasteiger partial charge in [0.1, 0.15) is 11.3 Å². The molecule has 3 aromatic rings. The number of nitrogens with zero attached hydrogens (tertiary/aromatic N) is 4. The molecular formula is C16H18N4OS2. The molecule has 4 rings (SSSR count). The first-order valence-electron chi connectivity index (χ1n) is 7.57. The third-order valence-electron chi connectivity index (χ3n) is 4.03. The lowest BCUT2D eigenvalue weighted by Crippen LogP contribution is -2.35. The van der Waals surface area contributed by atoms with Crippen LogP contribution in [0.5, 0.6) is 0 Å². The van der Waals surface area contributed by atoms with Crippen molar-refractivity contribution in [2.45, 2.75) is 12.6 Å². The Labute approximate surface area is 143 Å². The van der Waals surface area contributed by atoms with Crippen molar-refractivity contribution < 1.29 is 4.42 Å². The lowest BCUT2D eigenvalue weighted by atomic mass is 10.1. The van der Waals surface area contributed by atoms with Crippen molar-refractivity contribution in [3.63, 3.8) is 0 Å². The van der Waals surface area contributed by atoms with Gasteiger partial charge in [0.2, 0.25) is 0 Å².